The second-order valence-corrected chi connectivity index (χ2v) is 30.2. The molecule has 0 radical (unpaired) electrons. The number of benzene rings is 10. The molecule has 10 aromatic rings. The van der Waals surface area contributed by atoms with Crippen LogP contribution in [0.5, 0.6) is 92.0 Å². The molecule has 124 heavy (non-hydrogen) atoms. The summed E-state index contributed by atoms with van der Waals surface area (Å²) in [6.45, 7) is 2.27. The normalized spacial score (nSPS) is 11.5. The van der Waals surface area contributed by atoms with E-state index in [9.17, 15) is 0 Å². The summed E-state index contributed by atoms with van der Waals surface area (Å²) in [4.78, 5) is 0. The van der Waals surface area contributed by atoms with Gasteiger partial charge in [-0.25, -0.2) is 0 Å². The molecule has 0 saturated heterocycles. The van der Waals surface area contributed by atoms with Crippen LogP contribution in [0.2, 0.25) is 0 Å². The maximum absolute atomic E-state index is 6.32. The van der Waals surface area contributed by atoms with Gasteiger partial charge in [-0.1, -0.05) is 259 Å². The maximum atomic E-state index is 6.32. The summed E-state index contributed by atoms with van der Waals surface area (Å²) in [6.07, 6.45) is 46.2. The van der Waals surface area contributed by atoms with Gasteiger partial charge in [-0.3, -0.25) is 0 Å². The number of methoxy groups -OCH3 is 12. The summed E-state index contributed by atoms with van der Waals surface area (Å²) < 4.78 is 93.9. The molecule has 16 nitrogen and oxygen atoms in total. The predicted molar refractivity (Wildman–Crippen MR) is 509 cm³/mol. The Bertz CT molecular complexity index is 4610. The number of unbranched alkanes of at least 4 members (excludes halogenated alkanes) is 15. The molecule has 0 atom stereocenters. The Kier molecular flexibility index (Phi) is 39.3. The van der Waals surface area contributed by atoms with Gasteiger partial charge in [0.1, 0.15) is 23.0 Å². The molecule has 654 valence electrons. The molecule has 10 aromatic carbocycles. The van der Waals surface area contributed by atoms with Crippen molar-refractivity contribution in [3.63, 3.8) is 0 Å². The first kappa shape index (κ1) is 93.7. The van der Waals surface area contributed by atoms with Crippen molar-refractivity contribution in [3.05, 3.63) is 260 Å². The average Bonchev–Trinajstić information content (AvgIpc) is 0.834. The van der Waals surface area contributed by atoms with Crippen LogP contribution in [-0.2, 0) is 12.8 Å². The van der Waals surface area contributed by atoms with Gasteiger partial charge in [-0.15, -0.1) is 0 Å². The van der Waals surface area contributed by atoms with Crippen molar-refractivity contribution in [1.29, 1.82) is 0 Å². The first-order chi connectivity index (χ1) is 60.9. The lowest BCUT2D eigenvalue weighted by Gasteiger charge is -2.16. The van der Waals surface area contributed by atoms with Crippen LogP contribution in [0.25, 0.3) is 72.9 Å². The quantitative estimate of drug-likeness (QED) is 0.0263. The highest BCUT2D eigenvalue weighted by atomic mass is 16.6. The molecule has 0 aromatic heterocycles. The van der Waals surface area contributed by atoms with Crippen molar-refractivity contribution in [1.82, 2.24) is 0 Å². The molecule has 10 rings (SSSR count). The highest BCUT2D eigenvalue weighted by Crippen LogP contribution is 2.44. The van der Waals surface area contributed by atoms with E-state index in [0.29, 0.717) is 95.4 Å². The monoisotopic (exact) mass is 1680 g/mol. The van der Waals surface area contributed by atoms with Crippen LogP contribution in [0.1, 0.15) is 193 Å². The van der Waals surface area contributed by atoms with Crippen LogP contribution in [0.4, 0.5) is 0 Å². The SMILES string of the molecule is COc1cccc(OC)c1CCCCCCCCOc1c(OC)cc(/C=C/c2ccc(/C=C/c3ccc(/C=C/c4cc(OC)c(OCCCCCCCCOc5c(OC)cc(/C=C/c6ccc(/C=C/c7ccc(/C=C/c8cc(OC)c(OCCCCCCCCc9c(OC)cccc9OC)c(OC)c8)cc7)cc6)cc5OC)c(OC)c4)cc3)cc2)cc1OC. The van der Waals surface area contributed by atoms with Crippen LogP contribution in [0.3, 0.4) is 0 Å². The predicted octanol–water partition coefficient (Wildman–Crippen LogP) is 26.5. The third-order valence-electron chi connectivity index (χ3n) is 21.7. The smallest absolute Gasteiger partial charge is 0.203 e. The number of rotatable bonds is 55. The van der Waals surface area contributed by atoms with Crippen molar-refractivity contribution < 1.29 is 75.8 Å². The topological polar surface area (TPSA) is 148 Å². The molecular formula is C108H126O16. The molecule has 0 N–H and O–H groups in total. The third kappa shape index (κ3) is 29.1. The summed E-state index contributed by atoms with van der Waals surface area (Å²) in [5.41, 5.74) is 14.7. The van der Waals surface area contributed by atoms with E-state index in [0.717, 1.165) is 216 Å². The largest absolute Gasteiger partial charge is 0.496 e. The van der Waals surface area contributed by atoms with Crippen molar-refractivity contribution in [3.8, 4) is 92.0 Å². The Morgan fingerprint density at radius 1 is 0.161 bits per heavy atom. The van der Waals surface area contributed by atoms with E-state index < -0.39 is 0 Å². The van der Waals surface area contributed by atoms with Gasteiger partial charge in [0.2, 0.25) is 23.0 Å². The molecule has 16 heteroatoms. The van der Waals surface area contributed by atoms with Gasteiger partial charge in [0.25, 0.3) is 0 Å². The standard InChI is InChI=1S/C108H126O16/c1-109-93-35-31-36-94(110-2)91(93)33-25-19-13-15-21-27-67-121-105-97(113-5)71-87(72-98(105)114-6)63-59-83-51-43-79(44-52-83)39-41-81-47-55-85(56-48-81)61-65-89-75-101(117-9)107(102(76-89)118-10)123-69-29-23-17-18-24-30-70-124-108-103(119-11)77-90(78-104(108)120-12)66-62-86-57-49-82(50-58-86)42-40-80-45-53-84(54-46-80)60-64-88-73-99(115-7)106(100(74-88)116-8)122-68-28-22-16-14-20-26-34-92-95(111-3)37-32-38-96(92)112-4/h31-32,35-66,71-78H,13-30,33-34,67-70H2,1-12H3/b41-39+,42-40+,63-59+,64-60+,65-61+,66-62+. The summed E-state index contributed by atoms with van der Waals surface area (Å²) in [7, 11) is 20.1. The molecule has 0 aliphatic carbocycles. The lowest BCUT2D eigenvalue weighted by molar-refractivity contribution is 0.262. The van der Waals surface area contributed by atoms with E-state index in [1.165, 1.54) is 12.8 Å². The first-order valence-corrected chi connectivity index (χ1v) is 43.4. The minimum Gasteiger partial charge on any atom is -0.496 e. The first-order valence-electron chi connectivity index (χ1n) is 43.4. The number of hydrogen-bond acceptors (Lipinski definition) is 16. The van der Waals surface area contributed by atoms with Crippen LogP contribution < -0.4 is 75.8 Å². The van der Waals surface area contributed by atoms with Crippen molar-refractivity contribution >= 4 is 72.9 Å². The number of hydrogen-bond donors (Lipinski definition) is 0. The molecule has 0 aliphatic heterocycles. The molecule has 0 bridgehead atoms. The van der Waals surface area contributed by atoms with Crippen LogP contribution in [0, 0.1) is 0 Å². The van der Waals surface area contributed by atoms with Gasteiger partial charge in [-0.2, -0.15) is 0 Å². The molecule has 0 fully saturated rings. The molecule has 0 unspecified atom stereocenters. The minimum atomic E-state index is 0.547. The molecule has 0 heterocycles. The minimum absolute atomic E-state index is 0.547. The van der Waals surface area contributed by atoms with Crippen molar-refractivity contribution in [2.75, 3.05) is 112 Å². The fraction of sp³-hybridized carbons (Fsp3) is 0.333. The Balaban J connectivity index is 0.587. The highest BCUT2D eigenvalue weighted by molar-refractivity contribution is 5.79. The average molecular weight is 1680 g/mol. The van der Waals surface area contributed by atoms with Gasteiger partial charge in [0.15, 0.2) is 46.0 Å². The van der Waals surface area contributed by atoms with Gasteiger partial charge in [0.05, 0.1) is 112 Å². The van der Waals surface area contributed by atoms with E-state index in [-0.39, 0.29) is 0 Å². The second kappa shape index (κ2) is 52.0. The van der Waals surface area contributed by atoms with Crippen molar-refractivity contribution in [2.45, 2.75) is 128 Å². The van der Waals surface area contributed by atoms with E-state index >= 15 is 0 Å². The van der Waals surface area contributed by atoms with Gasteiger partial charge in [0, 0.05) is 11.1 Å². The Morgan fingerprint density at radius 2 is 0.306 bits per heavy atom. The number of ether oxygens (including phenoxy) is 16. The zero-order valence-electron chi connectivity index (χ0n) is 74.8. The summed E-state index contributed by atoms with van der Waals surface area (Å²) in [5.74, 6) is 11.1. The molecule has 0 saturated carbocycles. The maximum Gasteiger partial charge on any atom is 0.203 e. The van der Waals surface area contributed by atoms with Crippen LogP contribution in [0.15, 0.2) is 182 Å². The Morgan fingerprint density at radius 3 is 0.468 bits per heavy atom. The fourth-order valence-electron chi connectivity index (χ4n) is 14.8. The fourth-order valence-corrected chi connectivity index (χ4v) is 14.8. The van der Waals surface area contributed by atoms with Crippen molar-refractivity contribution in [2.24, 2.45) is 0 Å². The highest BCUT2D eigenvalue weighted by Gasteiger charge is 2.20. The summed E-state index contributed by atoms with van der Waals surface area (Å²) in [5, 5.41) is 0. The van der Waals surface area contributed by atoms with E-state index in [4.69, 9.17) is 75.8 Å². The molecular weight excluding hydrogens is 1550 g/mol. The van der Waals surface area contributed by atoms with Gasteiger partial charge >= 0.3 is 0 Å². The Hall–Kier alpha value is -12.6. The lowest BCUT2D eigenvalue weighted by atomic mass is 10.0. The second-order valence-electron chi connectivity index (χ2n) is 30.2. The zero-order valence-corrected chi connectivity index (χ0v) is 74.8. The van der Waals surface area contributed by atoms with E-state index in [1.807, 2.05) is 84.9 Å². The molecule has 0 spiro atoms. The van der Waals surface area contributed by atoms with Crippen LogP contribution >= 0.6 is 0 Å². The summed E-state index contributed by atoms with van der Waals surface area (Å²) in [6, 6.07) is 61.7. The van der Waals surface area contributed by atoms with E-state index in [2.05, 4.69) is 170 Å². The zero-order chi connectivity index (χ0) is 87.3. The molecule has 0 aliphatic rings. The lowest BCUT2D eigenvalue weighted by Crippen LogP contribution is -2.03. The summed E-state index contributed by atoms with van der Waals surface area (Å²) >= 11 is 0. The van der Waals surface area contributed by atoms with Crippen LogP contribution in [-0.4, -0.2) is 112 Å². The van der Waals surface area contributed by atoms with Gasteiger partial charge in [-0.05, 0) is 191 Å². The van der Waals surface area contributed by atoms with E-state index in [1.54, 1.807) is 85.3 Å². The molecule has 0 amide bonds. The Labute approximate surface area is 736 Å². The third-order valence-corrected chi connectivity index (χ3v) is 21.7. The van der Waals surface area contributed by atoms with Gasteiger partial charge < -0.3 is 75.8 Å².